The van der Waals surface area contributed by atoms with E-state index in [1.54, 1.807) is 0 Å². The lowest BCUT2D eigenvalue weighted by Gasteiger charge is -2.23. The Kier molecular flexibility index (Phi) is 5.03. The fourth-order valence-electron chi connectivity index (χ4n) is 2.81. The van der Waals surface area contributed by atoms with Crippen LogP contribution in [0.25, 0.3) is 0 Å². The van der Waals surface area contributed by atoms with Crippen molar-refractivity contribution in [1.82, 2.24) is 4.90 Å². The molecule has 0 spiro atoms. The highest BCUT2D eigenvalue weighted by atomic mass is 16.5. The average Bonchev–Trinajstić information content (AvgIpc) is 2.79. The molecule has 0 fully saturated rings. The number of nitrogens with zero attached hydrogens (tertiary/aromatic N) is 2. The van der Waals surface area contributed by atoms with Gasteiger partial charge in [0.25, 0.3) is 0 Å². The van der Waals surface area contributed by atoms with Crippen molar-refractivity contribution < 1.29 is 9.53 Å². The fraction of sp³-hybridized carbons (Fsp3) is 0.300. The van der Waals surface area contributed by atoms with Crippen molar-refractivity contribution in [3.05, 3.63) is 48.0 Å². The molecule has 0 saturated heterocycles. The first-order valence-corrected chi connectivity index (χ1v) is 8.71. The van der Waals surface area contributed by atoms with Gasteiger partial charge in [0.2, 0.25) is 5.91 Å². The van der Waals surface area contributed by atoms with Crippen molar-refractivity contribution in [3.63, 3.8) is 0 Å². The maximum absolute atomic E-state index is 11.7. The van der Waals surface area contributed by atoms with E-state index < -0.39 is 0 Å². The second-order valence-electron chi connectivity index (χ2n) is 5.79. The largest absolute Gasteiger partial charge is 0.454 e. The minimum atomic E-state index is -0.0147. The molecule has 0 aromatic heterocycles. The number of para-hydroxylation sites is 2. The summed E-state index contributed by atoms with van der Waals surface area (Å²) in [7, 11) is 0. The van der Waals surface area contributed by atoms with Gasteiger partial charge in [0.1, 0.15) is 17.3 Å². The Hall–Kier alpha value is -2.82. The maximum atomic E-state index is 11.7. The van der Waals surface area contributed by atoms with Crippen LogP contribution in [0.5, 0.6) is 11.5 Å². The van der Waals surface area contributed by atoms with Crippen molar-refractivity contribution in [2.24, 2.45) is 4.99 Å². The summed E-state index contributed by atoms with van der Waals surface area (Å²) in [6, 6.07) is 13.4. The number of anilines is 1. The smallest absolute Gasteiger partial charge is 0.224 e. The Morgan fingerprint density at radius 1 is 1.08 bits per heavy atom. The van der Waals surface area contributed by atoms with Gasteiger partial charge in [-0.15, -0.1) is 0 Å². The summed E-state index contributed by atoms with van der Waals surface area (Å²) in [6.07, 6.45) is 0.440. The van der Waals surface area contributed by atoms with Gasteiger partial charge in [-0.1, -0.05) is 19.1 Å². The molecule has 1 heterocycles. The third-order valence-electron chi connectivity index (χ3n) is 4.20. The van der Waals surface area contributed by atoms with E-state index >= 15 is 0 Å². The fourth-order valence-corrected chi connectivity index (χ4v) is 2.81. The number of benzene rings is 2. The predicted octanol–water partition coefficient (Wildman–Crippen LogP) is 4.56. The molecule has 130 valence electrons. The Balaban J connectivity index is 2.13. The lowest BCUT2D eigenvalue weighted by molar-refractivity contribution is -0.115. The van der Waals surface area contributed by atoms with Crippen LogP contribution in [0.15, 0.2) is 47.5 Å². The molecule has 0 aliphatic carbocycles. The number of carbonyl (C=O) groups excluding carboxylic acids is 1. The molecule has 1 amide bonds. The number of hydrogen-bond acceptors (Lipinski definition) is 4. The number of ether oxygens (including phenoxy) is 1. The minimum absolute atomic E-state index is 0.0147. The number of rotatable bonds is 4. The average molecular weight is 337 g/mol. The van der Waals surface area contributed by atoms with Crippen molar-refractivity contribution in [2.75, 3.05) is 18.4 Å². The van der Waals surface area contributed by atoms with Crippen LogP contribution in [-0.2, 0) is 4.79 Å². The van der Waals surface area contributed by atoms with Crippen molar-refractivity contribution in [3.8, 4) is 11.5 Å². The lowest BCUT2D eigenvalue weighted by atomic mass is 10.1. The number of hydrogen-bond donors (Lipinski definition) is 1. The number of nitrogens with one attached hydrogen (secondary N) is 1. The molecule has 1 aliphatic heterocycles. The van der Waals surface area contributed by atoms with Crippen molar-refractivity contribution in [2.45, 2.75) is 27.2 Å². The standard InChI is InChI=1S/C20H23N3O2/c1-4-19(24)21-14-11-12-17-15(13-14)20(23(5-2)6-3)22-16-9-7-8-10-18(16)25-17/h7-13H,4-6H2,1-3H3,(H,21,24). The van der Waals surface area contributed by atoms with E-state index in [2.05, 4.69) is 24.1 Å². The van der Waals surface area contributed by atoms with Crippen LogP contribution in [0.2, 0.25) is 0 Å². The molecule has 0 radical (unpaired) electrons. The normalized spacial score (nSPS) is 12.2. The minimum Gasteiger partial charge on any atom is -0.454 e. The van der Waals surface area contributed by atoms with E-state index in [1.807, 2.05) is 49.4 Å². The maximum Gasteiger partial charge on any atom is 0.224 e. The van der Waals surface area contributed by atoms with E-state index in [0.29, 0.717) is 6.42 Å². The van der Waals surface area contributed by atoms with E-state index in [4.69, 9.17) is 9.73 Å². The van der Waals surface area contributed by atoms with Gasteiger partial charge in [-0.05, 0) is 44.2 Å². The number of carbonyl (C=O) groups is 1. The SMILES string of the molecule is CCC(=O)Nc1ccc2c(c1)C(N(CC)CC)=Nc1ccccc1O2. The molecule has 0 bridgehead atoms. The summed E-state index contributed by atoms with van der Waals surface area (Å²) in [5.74, 6) is 2.32. The summed E-state index contributed by atoms with van der Waals surface area (Å²) in [5, 5.41) is 2.91. The molecule has 1 aliphatic rings. The third-order valence-corrected chi connectivity index (χ3v) is 4.20. The van der Waals surface area contributed by atoms with Crippen LogP contribution >= 0.6 is 0 Å². The highest BCUT2D eigenvalue weighted by Gasteiger charge is 2.22. The summed E-state index contributed by atoms with van der Waals surface area (Å²) in [4.78, 5) is 18.8. The molecule has 2 aromatic rings. The third kappa shape index (κ3) is 3.50. The monoisotopic (exact) mass is 337 g/mol. The van der Waals surface area contributed by atoms with Crippen LogP contribution in [0, 0.1) is 0 Å². The predicted molar refractivity (Wildman–Crippen MR) is 101 cm³/mol. The number of amides is 1. The summed E-state index contributed by atoms with van der Waals surface area (Å²) < 4.78 is 6.10. The number of fused-ring (bicyclic) bond motifs is 2. The molecule has 0 saturated carbocycles. The highest BCUT2D eigenvalue weighted by Crippen LogP contribution is 2.38. The Labute approximate surface area is 148 Å². The van der Waals surface area contributed by atoms with E-state index in [9.17, 15) is 4.79 Å². The number of aliphatic imine (C=N–C) groups is 1. The van der Waals surface area contributed by atoms with Crippen LogP contribution in [-0.4, -0.2) is 29.7 Å². The first-order valence-electron chi connectivity index (χ1n) is 8.71. The molecular formula is C20H23N3O2. The van der Waals surface area contributed by atoms with Gasteiger partial charge in [-0.2, -0.15) is 0 Å². The zero-order valence-electron chi connectivity index (χ0n) is 14.9. The second-order valence-corrected chi connectivity index (χ2v) is 5.79. The molecule has 5 nitrogen and oxygen atoms in total. The Bertz CT molecular complexity index is 810. The number of amidine groups is 1. The highest BCUT2D eigenvalue weighted by molar-refractivity contribution is 6.05. The molecule has 2 aromatic carbocycles. The van der Waals surface area contributed by atoms with Gasteiger partial charge < -0.3 is 15.0 Å². The van der Waals surface area contributed by atoms with Crippen LogP contribution in [0.1, 0.15) is 32.8 Å². The van der Waals surface area contributed by atoms with Gasteiger partial charge in [-0.25, -0.2) is 4.99 Å². The van der Waals surface area contributed by atoms with Gasteiger partial charge in [0, 0.05) is 25.2 Å². The molecule has 5 heteroatoms. The zero-order valence-corrected chi connectivity index (χ0v) is 14.9. The molecule has 25 heavy (non-hydrogen) atoms. The Morgan fingerprint density at radius 2 is 1.84 bits per heavy atom. The van der Waals surface area contributed by atoms with Crippen LogP contribution in [0.3, 0.4) is 0 Å². The first-order chi connectivity index (χ1) is 12.2. The van der Waals surface area contributed by atoms with E-state index in [1.165, 1.54) is 0 Å². The first kappa shape index (κ1) is 17.0. The van der Waals surface area contributed by atoms with E-state index in [0.717, 1.165) is 47.4 Å². The molecular weight excluding hydrogens is 314 g/mol. The summed E-state index contributed by atoms with van der Waals surface area (Å²) in [5.41, 5.74) is 2.44. The van der Waals surface area contributed by atoms with Gasteiger partial charge in [0.15, 0.2) is 5.75 Å². The van der Waals surface area contributed by atoms with Crippen molar-refractivity contribution >= 4 is 23.1 Å². The van der Waals surface area contributed by atoms with Crippen LogP contribution < -0.4 is 10.1 Å². The van der Waals surface area contributed by atoms with Gasteiger partial charge >= 0.3 is 0 Å². The van der Waals surface area contributed by atoms with Crippen LogP contribution in [0.4, 0.5) is 11.4 Å². The zero-order chi connectivity index (χ0) is 17.8. The Morgan fingerprint density at radius 3 is 2.56 bits per heavy atom. The quantitative estimate of drug-likeness (QED) is 0.890. The van der Waals surface area contributed by atoms with E-state index in [-0.39, 0.29) is 5.91 Å². The molecule has 3 rings (SSSR count). The van der Waals surface area contributed by atoms with Gasteiger partial charge in [-0.3, -0.25) is 4.79 Å². The molecule has 0 atom stereocenters. The topological polar surface area (TPSA) is 53.9 Å². The lowest BCUT2D eigenvalue weighted by Crippen LogP contribution is -2.31. The molecule has 1 N–H and O–H groups in total. The second kappa shape index (κ2) is 7.38. The molecule has 0 unspecified atom stereocenters. The van der Waals surface area contributed by atoms with Crippen molar-refractivity contribution in [1.29, 1.82) is 0 Å². The summed E-state index contributed by atoms with van der Waals surface area (Å²) in [6.45, 7) is 7.71. The summed E-state index contributed by atoms with van der Waals surface area (Å²) >= 11 is 0. The van der Waals surface area contributed by atoms with Gasteiger partial charge in [0.05, 0.1) is 5.56 Å².